The van der Waals surface area contributed by atoms with Gasteiger partial charge in [-0.15, -0.1) is 24.0 Å². The Labute approximate surface area is 176 Å². The Kier molecular flexibility index (Phi) is 9.55. The number of nitrogens with zero attached hydrogens (tertiary/aromatic N) is 1. The average molecular weight is 487 g/mol. The van der Waals surface area contributed by atoms with Crippen LogP contribution < -0.4 is 30.0 Å². The number of hydrogen-bond donors (Lipinski definition) is 2. The highest BCUT2D eigenvalue weighted by atomic mass is 127. The molecule has 0 aliphatic carbocycles. The quantitative estimate of drug-likeness (QED) is 0.336. The van der Waals surface area contributed by atoms with Gasteiger partial charge in [-0.2, -0.15) is 0 Å². The van der Waals surface area contributed by atoms with E-state index in [1.165, 1.54) is 0 Å². The highest BCUT2D eigenvalue weighted by Crippen LogP contribution is 2.30. The molecule has 27 heavy (non-hydrogen) atoms. The monoisotopic (exact) mass is 487 g/mol. The molecule has 2 rings (SSSR count). The van der Waals surface area contributed by atoms with Gasteiger partial charge in [0.15, 0.2) is 29.0 Å². The zero-order valence-electron chi connectivity index (χ0n) is 15.9. The van der Waals surface area contributed by atoms with Crippen molar-refractivity contribution in [2.75, 3.05) is 33.3 Å². The summed E-state index contributed by atoms with van der Waals surface area (Å²) in [5.74, 6) is 2.94. The van der Waals surface area contributed by atoms with E-state index in [1.807, 2.05) is 31.2 Å². The number of nitrogens with two attached hydrogens (primary N) is 1. The number of aliphatic imine (C=N–C) groups is 1. The summed E-state index contributed by atoms with van der Waals surface area (Å²) in [5.41, 5.74) is 7.70. The first-order valence-electron chi connectivity index (χ1n) is 8.20. The summed E-state index contributed by atoms with van der Waals surface area (Å²) in [6.45, 7) is 2.90. The van der Waals surface area contributed by atoms with Crippen LogP contribution >= 0.6 is 24.0 Å². The van der Waals surface area contributed by atoms with Crippen molar-refractivity contribution in [1.82, 2.24) is 0 Å². The van der Waals surface area contributed by atoms with E-state index in [1.54, 1.807) is 33.5 Å². The van der Waals surface area contributed by atoms with Crippen LogP contribution in [0.5, 0.6) is 23.0 Å². The summed E-state index contributed by atoms with van der Waals surface area (Å²) in [7, 11) is 4.78. The van der Waals surface area contributed by atoms with Crippen molar-refractivity contribution >= 4 is 35.6 Å². The van der Waals surface area contributed by atoms with Gasteiger partial charge in [0.2, 0.25) is 0 Å². The Bertz CT molecular complexity index is 769. The molecule has 8 heteroatoms. The molecule has 2 aromatic rings. The van der Waals surface area contributed by atoms with Gasteiger partial charge in [-0.3, -0.25) is 0 Å². The third-order valence-electron chi connectivity index (χ3n) is 3.62. The summed E-state index contributed by atoms with van der Waals surface area (Å²) >= 11 is 0. The van der Waals surface area contributed by atoms with Crippen LogP contribution in [0.15, 0.2) is 41.4 Å². The number of guanidine groups is 1. The fraction of sp³-hybridized carbons (Fsp3) is 0.316. The molecule has 0 bridgehead atoms. The van der Waals surface area contributed by atoms with E-state index in [4.69, 9.17) is 24.7 Å². The number of rotatable bonds is 8. The van der Waals surface area contributed by atoms with E-state index in [2.05, 4.69) is 10.3 Å². The van der Waals surface area contributed by atoms with Gasteiger partial charge in [-0.25, -0.2) is 4.99 Å². The number of hydrogen-bond acceptors (Lipinski definition) is 5. The third-order valence-corrected chi connectivity index (χ3v) is 3.62. The second-order valence-electron chi connectivity index (χ2n) is 5.31. The summed E-state index contributed by atoms with van der Waals surface area (Å²) in [6.07, 6.45) is 0. The van der Waals surface area contributed by atoms with Crippen molar-refractivity contribution < 1.29 is 18.9 Å². The summed E-state index contributed by atoms with van der Waals surface area (Å²) in [6, 6.07) is 11.1. The maximum atomic E-state index is 5.98. The summed E-state index contributed by atoms with van der Waals surface area (Å²) < 4.78 is 21.3. The highest BCUT2D eigenvalue weighted by molar-refractivity contribution is 14.0. The maximum absolute atomic E-state index is 5.98. The molecule has 0 aromatic heterocycles. The lowest BCUT2D eigenvalue weighted by atomic mass is 10.2. The van der Waals surface area contributed by atoms with E-state index in [0.717, 1.165) is 11.3 Å². The van der Waals surface area contributed by atoms with E-state index in [9.17, 15) is 0 Å². The number of nitrogens with one attached hydrogen (secondary N) is 1. The molecule has 0 saturated heterocycles. The average Bonchev–Trinajstić information content (AvgIpc) is 2.66. The lowest BCUT2D eigenvalue weighted by molar-refractivity contribution is 0.310. The molecule has 0 atom stereocenters. The molecule has 2 aromatic carbocycles. The standard InChI is InChI=1S/C19H25N3O4.HI/c1-5-26-18-10-13(6-8-16(18)24-3)12-21-19(20)22-14-7-9-15(23-2)17(11-14)25-4;/h6-11H,5,12H2,1-4H3,(H3,20,21,22);1H. The van der Waals surface area contributed by atoms with Gasteiger partial charge in [0.1, 0.15) is 0 Å². The second-order valence-corrected chi connectivity index (χ2v) is 5.31. The Hall–Kier alpha value is -2.36. The van der Waals surface area contributed by atoms with Gasteiger partial charge < -0.3 is 30.0 Å². The van der Waals surface area contributed by atoms with Crippen LogP contribution in [0, 0.1) is 0 Å². The fourth-order valence-electron chi connectivity index (χ4n) is 2.37. The number of halogens is 1. The largest absolute Gasteiger partial charge is 0.493 e. The van der Waals surface area contributed by atoms with Crippen molar-refractivity contribution in [3.05, 3.63) is 42.0 Å². The molecule has 0 saturated carbocycles. The lowest BCUT2D eigenvalue weighted by Gasteiger charge is -2.12. The zero-order chi connectivity index (χ0) is 18.9. The lowest BCUT2D eigenvalue weighted by Crippen LogP contribution is -2.22. The van der Waals surface area contributed by atoms with Gasteiger partial charge in [0.25, 0.3) is 0 Å². The minimum absolute atomic E-state index is 0. The molecule has 7 nitrogen and oxygen atoms in total. The van der Waals surface area contributed by atoms with Gasteiger partial charge in [0.05, 0.1) is 34.5 Å². The zero-order valence-corrected chi connectivity index (χ0v) is 18.3. The number of anilines is 1. The number of methoxy groups -OCH3 is 3. The highest BCUT2D eigenvalue weighted by Gasteiger charge is 2.07. The molecule has 0 aliphatic rings. The Morgan fingerprint density at radius 1 is 0.926 bits per heavy atom. The third kappa shape index (κ3) is 6.38. The second kappa shape index (κ2) is 11.4. The molecule has 3 N–H and O–H groups in total. The molecule has 0 radical (unpaired) electrons. The van der Waals surface area contributed by atoms with Crippen LogP contribution in [0.1, 0.15) is 12.5 Å². The number of benzene rings is 2. The normalized spacial score (nSPS) is 10.6. The van der Waals surface area contributed by atoms with Gasteiger partial charge >= 0.3 is 0 Å². The van der Waals surface area contributed by atoms with Crippen molar-refractivity contribution in [3.63, 3.8) is 0 Å². The molecule has 0 fully saturated rings. The summed E-state index contributed by atoms with van der Waals surface area (Å²) in [5, 5.41) is 3.04. The van der Waals surface area contributed by atoms with Crippen molar-refractivity contribution in [1.29, 1.82) is 0 Å². The number of ether oxygens (including phenoxy) is 4. The Balaban J connectivity index is 0.00000364. The van der Waals surface area contributed by atoms with Crippen molar-refractivity contribution in [2.24, 2.45) is 10.7 Å². The smallest absolute Gasteiger partial charge is 0.193 e. The van der Waals surface area contributed by atoms with Crippen LogP contribution in [0.4, 0.5) is 5.69 Å². The van der Waals surface area contributed by atoms with Crippen LogP contribution in [-0.2, 0) is 6.54 Å². The first-order chi connectivity index (χ1) is 12.6. The first kappa shape index (κ1) is 22.7. The Morgan fingerprint density at radius 3 is 2.19 bits per heavy atom. The molecule has 0 spiro atoms. The topological polar surface area (TPSA) is 87.3 Å². The van der Waals surface area contributed by atoms with E-state index in [-0.39, 0.29) is 24.0 Å². The predicted octanol–water partition coefficient (Wildman–Crippen LogP) is 3.66. The van der Waals surface area contributed by atoms with Crippen molar-refractivity contribution in [3.8, 4) is 23.0 Å². The summed E-state index contributed by atoms with van der Waals surface area (Å²) in [4.78, 5) is 4.36. The molecular formula is C19H26IN3O4. The minimum atomic E-state index is 0. The van der Waals surface area contributed by atoms with Crippen LogP contribution in [0.25, 0.3) is 0 Å². The maximum Gasteiger partial charge on any atom is 0.193 e. The van der Waals surface area contributed by atoms with Crippen molar-refractivity contribution in [2.45, 2.75) is 13.5 Å². The molecule has 148 valence electrons. The fourth-order valence-corrected chi connectivity index (χ4v) is 2.37. The van der Waals surface area contributed by atoms with Gasteiger partial charge in [0, 0.05) is 11.8 Å². The van der Waals surface area contributed by atoms with Crippen LogP contribution in [0.2, 0.25) is 0 Å². The van der Waals surface area contributed by atoms with Gasteiger partial charge in [-0.1, -0.05) is 6.07 Å². The first-order valence-corrected chi connectivity index (χ1v) is 8.20. The Morgan fingerprint density at radius 2 is 1.56 bits per heavy atom. The van der Waals surface area contributed by atoms with Crippen LogP contribution in [0.3, 0.4) is 0 Å². The molecule has 0 heterocycles. The van der Waals surface area contributed by atoms with Crippen LogP contribution in [-0.4, -0.2) is 33.9 Å². The molecule has 0 aliphatic heterocycles. The molecule has 0 unspecified atom stereocenters. The predicted molar refractivity (Wildman–Crippen MR) is 118 cm³/mol. The van der Waals surface area contributed by atoms with Gasteiger partial charge in [-0.05, 0) is 36.8 Å². The van der Waals surface area contributed by atoms with E-state index in [0.29, 0.717) is 42.1 Å². The van der Waals surface area contributed by atoms with E-state index >= 15 is 0 Å². The molecule has 0 amide bonds. The molecular weight excluding hydrogens is 461 g/mol. The van der Waals surface area contributed by atoms with E-state index < -0.39 is 0 Å². The SMILES string of the molecule is CCOc1cc(CN=C(N)Nc2ccc(OC)c(OC)c2)ccc1OC.I. The minimum Gasteiger partial charge on any atom is -0.493 e.